The average molecular weight is 250 g/mol. The van der Waals surface area contributed by atoms with Crippen molar-refractivity contribution in [1.82, 2.24) is 4.90 Å². The second kappa shape index (κ2) is 5.73. The maximum absolute atomic E-state index is 11.6. The quantitative estimate of drug-likeness (QED) is 0.829. The zero-order valence-electron chi connectivity index (χ0n) is 10.2. The van der Waals surface area contributed by atoms with Crippen molar-refractivity contribution in [2.45, 2.75) is 25.4 Å². The van der Waals surface area contributed by atoms with Gasteiger partial charge in [0.25, 0.3) is 0 Å². The Bertz CT molecular complexity index is 422. The van der Waals surface area contributed by atoms with Crippen LogP contribution in [0.1, 0.15) is 18.4 Å². The lowest BCUT2D eigenvalue weighted by Gasteiger charge is -2.21. The van der Waals surface area contributed by atoms with Gasteiger partial charge in [0.15, 0.2) is 0 Å². The van der Waals surface area contributed by atoms with Crippen LogP contribution in [0, 0.1) is 0 Å². The van der Waals surface area contributed by atoms with Gasteiger partial charge in [-0.15, -0.1) is 0 Å². The van der Waals surface area contributed by atoms with Crippen LogP contribution in [0.15, 0.2) is 24.3 Å². The van der Waals surface area contributed by atoms with Crippen LogP contribution in [-0.2, 0) is 11.3 Å². The Morgan fingerprint density at radius 2 is 2.33 bits per heavy atom. The molecule has 1 aromatic rings. The van der Waals surface area contributed by atoms with E-state index in [1.165, 1.54) is 0 Å². The number of carbonyl (C=O) groups excluding carboxylic acids is 1. The molecule has 1 aliphatic rings. The SMILES string of the molecule is NCCCC1COC(=O)N1Cc1cccc(O)c1. The van der Waals surface area contributed by atoms with Crippen LogP contribution in [0.4, 0.5) is 4.79 Å². The van der Waals surface area contributed by atoms with E-state index in [0.717, 1.165) is 18.4 Å². The van der Waals surface area contributed by atoms with E-state index in [2.05, 4.69) is 0 Å². The van der Waals surface area contributed by atoms with Crippen molar-refractivity contribution in [2.24, 2.45) is 5.73 Å². The van der Waals surface area contributed by atoms with Crippen molar-refractivity contribution in [3.05, 3.63) is 29.8 Å². The molecule has 2 rings (SSSR count). The van der Waals surface area contributed by atoms with Crippen LogP contribution >= 0.6 is 0 Å². The number of carbonyl (C=O) groups is 1. The molecule has 5 heteroatoms. The lowest BCUT2D eigenvalue weighted by molar-refractivity contribution is 0.156. The summed E-state index contributed by atoms with van der Waals surface area (Å²) in [4.78, 5) is 13.3. The number of rotatable bonds is 5. The van der Waals surface area contributed by atoms with Crippen molar-refractivity contribution in [3.63, 3.8) is 0 Å². The van der Waals surface area contributed by atoms with Crippen molar-refractivity contribution in [1.29, 1.82) is 0 Å². The van der Waals surface area contributed by atoms with Crippen molar-refractivity contribution < 1.29 is 14.6 Å². The van der Waals surface area contributed by atoms with E-state index in [9.17, 15) is 9.90 Å². The van der Waals surface area contributed by atoms with Crippen LogP contribution in [0.2, 0.25) is 0 Å². The van der Waals surface area contributed by atoms with E-state index in [0.29, 0.717) is 19.7 Å². The first-order valence-electron chi connectivity index (χ1n) is 6.12. The van der Waals surface area contributed by atoms with E-state index in [-0.39, 0.29) is 17.9 Å². The first kappa shape index (κ1) is 12.7. The predicted molar refractivity (Wildman–Crippen MR) is 67.1 cm³/mol. The second-order valence-corrected chi connectivity index (χ2v) is 4.46. The minimum absolute atomic E-state index is 0.0865. The molecule has 1 amide bonds. The molecule has 0 aliphatic carbocycles. The van der Waals surface area contributed by atoms with E-state index in [1.807, 2.05) is 6.07 Å². The topological polar surface area (TPSA) is 75.8 Å². The van der Waals surface area contributed by atoms with Gasteiger partial charge in [0.2, 0.25) is 0 Å². The molecule has 1 atom stereocenters. The van der Waals surface area contributed by atoms with Gasteiger partial charge >= 0.3 is 6.09 Å². The number of phenols is 1. The number of amides is 1. The Balaban J connectivity index is 2.03. The number of hydrogen-bond donors (Lipinski definition) is 2. The predicted octanol–water partition coefficient (Wildman–Crippen LogP) is 1.45. The standard InChI is InChI=1S/C13H18N2O3/c14-6-2-4-11-9-18-13(17)15(11)8-10-3-1-5-12(16)7-10/h1,3,5,7,11,16H,2,4,6,8-9,14H2. The molecule has 0 aromatic heterocycles. The Morgan fingerprint density at radius 3 is 3.06 bits per heavy atom. The molecular weight excluding hydrogens is 232 g/mol. The molecule has 1 aromatic carbocycles. The van der Waals surface area contributed by atoms with Crippen LogP contribution in [0.25, 0.3) is 0 Å². The number of nitrogens with zero attached hydrogens (tertiary/aromatic N) is 1. The summed E-state index contributed by atoms with van der Waals surface area (Å²) < 4.78 is 5.06. The molecule has 0 radical (unpaired) electrons. The zero-order chi connectivity index (χ0) is 13.0. The third kappa shape index (κ3) is 2.92. The molecule has 5 nitrogen and oxygen atoms in total. The van der Waals surface area contributed by atoms with Gasteiger partial charge in [-0.05, 0) is 37.1 Å². The average Bonchev–Trinajstić information content (AvgIpc) is 2.69. The molecule has 0 saturated carbocycles. The molecule has 1 fully saturated rings. The summed E-state index contributed by atoms with van der Waals surface area (Å²) in [6, 6.07) is 7.00. The second-order valence-electron chi connectivity index (χ2n) is 4.46. The third-order valence-corrected chi connectivity index (χ3v) is 3.08. The normalized spacial score (nSPS) is 19.1. The van der Waals surface area contributed by atoms with E-state index in [4.69, 9.17) is 10.5 Å². The molecule has 18 heavy (non-hydrogen) atoms. The fourth-order valence-corrected chi connectivity index (χ4v) is 2.13. The van der Waals surface area contributed by atoms with Crippen molar-refractivity contribution >= 4 is 6.09 Å². The summed E-state index contributed by atoms with van der Waals surface area (Å²) in [5, 5.41) is 9.41. The van der Waals surface area contributed by atoms with Crippen molar-refractivity contribution in [2.75, 3.05) is 13.2 Å². The fraction of sp³-hybridized carbons (Fsp3) is 0.462. The van der Waals surface area contributed by atoms with Gasteiger partial charge in [-0.3, -0.25) is 4.90 Å². The number of hydrogen-bond acceptors (Lipinski definition) is 4. The summed E-state index contributed by atoms with van der Waals surface area (Å²) in [6.07, 6.45) is 1.43. The van der Waals surface area contributed by atoms with Gasteiger partial charge in [0, 0.05) is 6.54 Å². The molecule has 1 unspecified atom stereocenters. The van der Waals surface area contributed by atoms with Gasteiger partial charge in [0.1, 0.15) is 12.4 Å². The number of benzene rings is 1. The smallest absolute Gasteiger partial charge is 0.410 e. The van der Waals surface area contributed by atoms with E-state index >= 15 is 0 Å². The number of phenolic OH excluding ortho intramolecular Hbond substituents is 1. The lowest BCUT2D eigenvalue weighted by Crippen LogP contribution is -2.33. The summed E-state index contributed by atoms with van der Waals surface area (Å²) in [7, 11) is 0. The van der Waals surface area contributed by atoms with Crippen LogP contribution in [-0.4, -0.2) is 35.3 Å². The number of nitrogens with two attached hydrogens (primary N) is 1. The van der Waals surface area contributed by atoms with Gasteiger partial charge in [-0.2, -0.15) is 0 Å². The molecule has 1 aliphatic heterocycles. The summed E-state index contributed by atoms with van der Waals surface area (Å²) in [5.74, 6) is 0.207. The summed E-state index contributed by atoms with van der Waals surface area (Å²) in [5.41, 5.74) is 6.38. The fourth-order valence-electron chi connectivity index (χ4n) is 2.13. The molecule has 0 spiro atoms. The maximum Gasteiger partial charge on any atom is 0.410 e. The Labute approximate surface area is 106 Å². The number of ether oxygens (including phenoxy) is 1. The molecular formula is C13H18N2O3. The highest BCUT2D eigenvalue weighted by molar-refractivity contribution is 5.70. The van der Waals surface area contributed by atoms with Crippen LogP contribution < -0.4 is 5.73 Å². The van der Waals surface area contributed by atoms with Crippen LogP contribution in [0.5, 0.6) is 5.75 Å². The molecule has 98 valence electrons. The van der Waals surface area contributed by atoms with Crippen LogP contribution in [0.3, 0.4) is 0 Å². The molecule has 1 heterocycles. The minimum atomic E-state index is -0.291. The Hall–Kier alpha value is -1.75. The van der Waals surface area contributed by atoms with Crippen molar-refractivity contribution in [3.8, 4) is 5.75 Å². The van der Waals surface area contributed by atoms with Gasteiger partial charge in [0.05, 0.1) is 6.04 Å². The maximum atomic E-state index is 11.6. The highest BCUT2D eigenvalue weighted by Crippen LogP contribution is 2.21. The number of cyclic esters (lactones) is 1. The highest BCUT2D eigenvalue weighted by Gasteiger charge is 2.32. The zero-order valence-corrected chi connectivity index (χ0v) is 10.2. The Kier molecular flexibility index (Phi) is 4.04. The van der Waals surface area contributed by atoms with Gasteiger partial charge in [-0.25, -0.2) is 4.79 Å². The highest BCUT2D eigenvalue weighted by atomic mass is 16.6. The lowest BCUT2D eigenvalue weighted by atomic mass is 10.1. The Morgan fingerprint density at radius 1 is 1.50 bits per heavy atom. The largest absolute Gasteiger partial charge is 0.508 e. The summed E-state index contributed by atoms with van der Waals surface area (Å²) >= 11 is 0. The van der Waals surface area contributed by atoms with E-state index < -0.39 is 0 Å². The van der Waals surface area contributed by atoms with E-state index in [1.54, 1.807) is 23.1 Å². The minimum Gasteiger partial charge on any atom is -0.508 e. The third-order valence-electron chi connectivity index (χ3n) is 3.08. The summed E-state index contributed by atoms with van der Waals surface area (Å²) in [6.45, 7) is 1.50. The monoisotopic (exact) mass is 250 g/mol. The molecule has 0 bridgehead atoms. The number of aromatic hydroxyl groups is 1. The van der Waals surface area contributed by atoms with Gasteiger partial charge < -0.3 is 15.6 Å². The first-order valence-corrected chi connectivity index (χ1v) is 6.12. The molecule has 3 N–H and O–H groups in total. The first-order chi connectivity index (χ1) is 8.70. The van der Waals surface area contributed by atoms with Gasteiger partial charge in [-0.1, -0.05) is 12.1 Å². The molecule has 1 saturated heterocycles.